The number of carbonyl (C=O) groups is 2. The molecule has 1 fully saturated rings. The number of hydrogen-bond donors (Lipinski definition) is 1. The molecule has 0 bridgehead atoms. The van der Waals surface area contributed by atoms with Crippen LogP contribution in [0.2, 0.25) is 0 Å². The third-order valence-electron chi connectivity index (χ3n) is 3.75. The summed E-state index contributed by atoms with van der Waals surface area (Å²) in [4.78, 5) is 24.9. The normalized spacial score (nSPS) is 21.8. The first-order valence-corrected chi connectivity index (χ1v) is 6.67. The second-order valence-corrected chi connectivity index (χ2v) is 5.33. The van der Waals surface area contributed by atoms with Gasteiger partial charge in [0, 0.05) is 6.54 Å². The van der Waals surface area contributed by atoms with Gasteiger partial charge in [0.05, 0.1) is 0 Å². The lowest BCUT2D eigenvalue weighted by Gasteiger charge is -2.31. The number of aliphatic carboxylic acids is 1. The zero-order chi connectivity index (χ0) is 14.8. The Bertz CT molecular complexity index is 528. The summed E-state index contributed by atoms with van der Waals surface area (Å²) >= 11 is 0. The molecule has 1 amide bonds. The van der Waals surface area contributed by atoms with E-state index in [4.69, 9.17) is 4.74 Å². The lowest BCUT2D eigenvalue weighted by molar-refractivity contribution is -0.156. The molecule has 1 unspecified atom stereocenters. The highest BCUT2D eigenvalue weighted by Crippen LogP contribution is 2.29. The monoisotopic (exact) mass is 277 g/mol. The number of nitrogens with zero attached hydrogens (tertiary/aromatic N) is 1. The first kappa shape index (κ1) is 14.4. The van der Waals surface area contributed by atoms with Gasteiger partial charge in [-0.05, 0) is 44.4 Å². The third kappa shape index (κ3) is 2.76. The fraction of sp³-hybridized carbons (Fsp3) is 0.467. The Kier molecular flexibility index (Phi) is 3.97. The molecular weight excluding hydrogens is 258 g/mol. The Morgan fingerprint density at radius 3 is 2.85 bits per heavy atom. The number of amides is 1. The number of carboxylic acids is 1. The van der Waals surface area contributed by atoms with E-state index in [-0.39, 0.29) is 12.5 Å². The molecule has 1 aromatic rings. The molecule has 1 atom stereocenters. The molecule has 1 aliphatic rings. The molecule has 0 aromatic heterocycles. The van der Waals surface area contributed by atoms with Crippen LogP contribution in [0.15, 0.2) is 24.3 Å². The molecule has 20 heavy (non-hydrogen) atoms. The van der Waals surface area contributed by atoms with Gasteiger partial charge in [-0.3, -0.25) is 4.79 Å². The van der Waals surface area contributed by atoms with Gasteiger partial charge in [0.1, 0.15) is 11.3 Å². The molecule has 2 rings (SSSR count). The van der Waals surface area contributed by atoms with Gasteiger partial charge in [-0.2, -0.15) is 0 Å². The molecule has 5 heteroatoms. The molecule has 1 saturated heterocycles. The minimum atomic E-state index is -1.10. The van der Waals surface area contributed by atoms with Crippen LogP contribution in [-0.2, 0) is 9.59 Å². The predicted molar refractivity (Wildman–Crippen MR) is 73.7 cm³/mol. The SMILES string of the molecule is Cc1cccc(OCC(=O)N2CCCC2(C)C(=O)O)c1. The number of aryl methyl sites for hydroxylation is 1. The fourth-order valence-corrected chi connectivity index (χ4v) is 2.51. The summed E-state index contributed by atoms with van der Waals surface area (Å²) in [6, 6.07) is 7.41. The van der Waals surface area contributed by atoms with Crippen molar-refractivity contribution in [1.29, 1.82) is 0 Å². The van der Waals surface area contributed by atoms with E-state index in [9.17, 15) is 14.7 Å². The molecule has 1 aromatic carbocycles. The standard InChI is InChI=1S/C15H19NO4/c1-11-5-3-6-12(9-11)20-10-13(17)16-8-4-7-15(16,2)14(18)19/h3,5-6,9H,4,7-8,10H2,1-2H3,(H,18,19). The predicted octanol–water partition coefficient (Wildman–Crippen LogP) is 1.84. The first-order chi connectivity index (χ1) is 9.43. The van der Waals surface area contributed by atoms with Crippen LogP contribution in [0.25, 0.3) is 0 Å². The van der Waals surface area contributed by atoms with Gasteiger partial charge in [-0.15, -0.1) is 0 Å². The Morgan fingerprint density at radius 2 is 2.20 bits per heavy atom. The summed E-state index contributed by atoms with van der Waals surface area (Å²) in [6.07, 6.45) is 1.19. The van der Waals surface area contributed by atoms with E-state index in [1.165, 1.54) is 4.90 Å². The van der Waals surface area contributed by atoms with Crippen molar-refractivity contribution >= 4 is 11.9 Å². The zero-order valence-electron chi connectivity index (χ0n) is 11.8. The summed E-state index contributed by atoms with van der Waals surface area (Å²) < 4.78 is 5.45. The van der Waals surface area contributed by atoms with Crippen molar-refractivity contribution < 1.29 is 19.4 Å². The van der Waals surface area contributed by atoms with Crippen LogP contribution < -0.4 is 4.74 Å². The van der Waals surface area contributed by atoms with Crippen LogP contribution in [0.5, 0.6) is 5.75 Å². The largest absolute Gasteiger partial charge is 0.484 e. The van der Waals surface area contributed by atoms with E-state index in [1.807, 2.05) is 25.1 Å². The maximum absolute atomic E-state index is 12.2. The van der Waals surface area contributed by atoms with Crippen LogP contribution in [0, 0.1) is 6.92 Å². The third-order valence-corrected chi connectivity index (χ3v) is 3.75. The Labute approximate surface area is 118 Å². The highest BCUT2D eigenvalue weighted by Gasteiger charge is 2.45. The van der Waals surface area contributed by atoms with E-state index in [0.29, 0.717) is 25.1 Å². The van der Waals surface area contributed by atoms with Crippen molar-refractivity contribution in [3.63, 3.8) is 0 Å². The molecule has 5 nitrogen and oxygen atoms in total. The summed E-state index contributed by atoms with van der Waals surface area (Å²) in [5, 5.41) is 9.28. The average molecular weight is 277 g/mol. The average Bonchev–Trinajstić information content (AvgIpc) is 2.80. The van der Waals surface area contributed by atoms with Crippen molar-refractivity contribution in [1.82, 2.24) is 4.90 Å². The van der Waals surface area contributed by atoms with E-state index >= 15 is 0 Å². The van der Waals surface area contributed by atoms with Gasteiger partial charge in [0.15, 0.2) is 6.61 Å². The minimum Gasteiger partial charge on any atom is -0.484 e. The highest BCUT2D eigenvalue weighted by atomic mass is 16.5. The Morgan fingerprint density at radius 1 is 1.45 bits per heavy atom. The van der Waals surface area contributed by atoms with Crippen molar-refractivity contribution in [2.75, 3.05) is 13.2 Å². The van der Waals surface area contributed by atoms with Gasteiger partial charge in [0.25, 0.3) is 5.91 Å². The summed E-state index contributed by atoms with van der Waals surface area (Å²) in [7, 11) is 0. The highest BCUT2D eigenvalue weighted by molar-refractivity contribution is 5.88. The van der Waals surface area contributed by atoms with Gasteiger partial charge >= 0.3 is 5.97 Å². The van der Waals surface area contributed by atoms with Gasteiger partial charge in [-0.25, -0.2) is 4.79 Å². The molecule has 1 heterocycles. The van der Waals surface area contributed by atoms with Crippen LogP contribution in [0.4, 0.5) is 0 Å². The lowest BCUT2D eigenvalue weighted by atomic mass is 9.99. The summed E-state index contributed by atoms with van der Waals surface area (Å²) in [5.74, 6) is -0.623. The van der Waals surface area contributed by atoms with Crippen molar-refractivity contribution in [3.05, 3.63) is 29.8 Å². The van der Waals surface area contributed by atoms with Gasteiger partial charge < -0.3 is 14.7 Å². The topological polar surface area (TPSA) is 66.8 Å². The number of benzene rings is 1. The number of ether oxygens (including phenoxy) is 1. The minimum absolute atomic E-state index is 0.133. The van der Waals surface area contributed by atoms with Crippen LogP contribution >= 0.6 is 0 Å². The van der Waals surface area contributed by atoms with E-state index in [2.05, 4.69) is 0 Å². The number of carboxylic acid groups (broad SMARTS) is 1. The lowest BCUT2D eigenvalue weighted by Crippen LogP contribution is -2.52. The van der Waals surface area contributed by atoms with E-state index in [1.54, 1.807) is 13.0 Å². The van der Waals surface area contributed by atoms with Gasteiger partial charge in [-0.1, -0.05) is 12.1 Å². The second-order valence-electron chi connectivity index (χ2n) is 5.33. The van der Waals surface area contributed by atoms with Gasteiger partial charge in [0.2, 0.25) is 0 Å². The van der Waals surface area contributed by atoms with Crippen molar-refractivity contribution in [2.45, 2.75) is 32.2 Å². The molecule has 0 saturated carbocycles. The molecular formula is C15H19NO4. The number of hydrogen-bond acceptors (Lipinski definition) is 3. The van der Waals surface area contributed by atoms with Crippen molar-refractivity contribution in [3.8, 4) is 5.75 Å². The molecule has 0 aliphatic carbocycles. The van der Waals surface area contributed by atoms with Crippen LogP contribution in [0.1, 0.15) is 25.3 Å². The van der Waals surface area contributed by atoms with E-state index < -0.39 is 11.5 Å². The number of likely N-dealkylation sites (tertiary alicyclic amines) is 1. The second kappa shape index (κ2) is 5.53. The zero-order valence-corrected chi connectivity index (χ0v) is 11.8. The Balaban J connectivity index is 2.00. The molecule has 108 valence electrons. The molecule has 1 aliphatic heterocycles. The quantitative estimate of drug-likeness (QED) is 0.912. The summed E-state index contributed by atoms with van der Waals surface area (Å²) in [6.45, 7) is 3.87. The number of carbonyl (C=O) groups excluding carboxylic acids is 1. The number of rotatable bonds is 4. The summed E-state index contributed by atoms with van der Waals surface area (Å²) in [5.41, 5.74) is -0.0564. The molecule has 0 spiro atoms. The fourth-order valence-electron chi connectivity index (χ4n) is 2.51. The maximum atomic E-state index is 12.2. The molecule has 1 N–H and O–H groups in total. The maximum Gasteiger partial charge on any atom is 0.329 e. The Hall–Kier alpha value is -2.04. The van der Waals surface area contributed by atoms with Crippen LogP contribution in [0.3, 0.4) is 0 Å². The molecule has 0 radical (unpaired) electrons. The van der Waals surface area contributed by atoms with E-state index in [0.717, 1.165) is 5.56 Å². The smallest absolute Gasteiger partial charge is 0.329 e. The first-order valence-electron chi connectivity index (χ1n) is 6.67. The van der Waals surface area contributed by atoms with Crippen LogP contribution in [-0.4, -0.2) is 40.6 Å². The van der Waals surface area contributed by atoms with Crippen molar-refractivity contribution in [2.24, 2.45) is 0 Å².